The summed E-state index contributed by atoms with van der Waals surface area (Å²) in [4.78, 5) is 2.66. The molecule has 1 unspecified atom stereocenters. The third-order valence-corrected chi connectivity index (χ3v) is 5.14. The summed E-state index contributed by atoms with van der Waals surface area (Å²) in [5, 5.41) is 0.689. The highest BCUT2D eigenvalue weighted by Gasteiger charge is 2.32. The number of benzene rings is 1. The molecule has 1 saturated carbocycles. The maximum Gasteiger partial charge on any atom is 0.0638 e. The van der Waals surface area contributed by atoms with Gasteiger partial charge < -0.3 is 5.73 Å². The molecule has 1 heterocycles. The molecule has 0 spiro atoms. The van der Waals surface area contributed by atoms with Crippen LogP contribution in [0.4, 0.5) is 5.69 Å². The number of nitrogen functional groups attached to an aromatic ring is 1. The largest absolute Gasteiger partial charge is 0.398 e. The van der Waals surface area contributed by atoms with E-state index in [1.807, 2.05) is 12.1 Å². The van der Waals surface area contributed by atoms with Crippen molar-refractivity contribution in [3.63, 3.8) is 0 Å². The first kappa shape index (κ1) is 13.3. The van der Waals surface area contributed by atoms with Crippen LogP contribution < -0.4 is 5.73 Å². The van der Waals surface area contributed by atoms with Crippen LogP contribution in [0.2, 0.25) is 5.02 Å². The Morgan fingerprint density at radius 1 is 1.16 bits per heavy atom. The van der Waals surface area contributed by atoms with Gasteiger partial charge in [-0.3, -0.25) is 4.90 Å². The Labute approximate surface area is 120 Å². The monoisotopic (exact) mass is 278 g/mol. The zero-order valence-corrected chi connectivity index (χ0v) is 12.2. The van der Waals surface area contributed by atoms with E-state index < -0.39 is 0 Å². The molecule has 1 atom stereocenters. The van der Waals surface area contributed by atoms with E-state index in [-0.39, 0.29) is 0 Å². The van der Waals surface area contributed by atoms with Gasteiger partial charge in [-0.15, -0.1) is 0 Å². The number of anilines is 1. The zero-order valence-electron chi connectivity index (χ0n) is 11.4. The van der Waals surface area contributed by atoms with Crippen molar-refractivity contribution in [3.8, 4) is 0 Å². The average molecular weight is 279 g/mol. The fourth-order valence-corrected chi connectivity index (χ4v) is 4.03. The number of nitrogens with two attached hydrogens (primary N) is 1. The van der Waals surface area contributed by atoms with Crippen LogP contribution in [0.15, 0.2) is 18.2 Å². The van der Waals surface area contributed by atoms with E-state index in [2.05, 4.69) is 11.0 Å². The normalized spacial score (nSPS) is 25.2. The quantitative estimate of drug-likeness (QED) is 0.844. The molecule has 1 aliphatic heterocycles. The van der Waals surface area contributed by atoms with Crippen LogP contribution in [0.3, 0.4) is 0 Å². The summed E-state index contributed by atoms with van der Waals surface area (Å²) in [5.41, 5.74) is 7.75. The van der Waals surface area contributed by atoms with Crippen LogP contribution in [0, 0.1) is 5.92 Å². The van der Waals surface area contributed by atoms with Gasteiger partial charge in [-0.1, -0.05) is 30.5 Å². The summed E-state index contributed by atoms with van der Waals surface area (Å²) in [5.74, 6) is 0.937. The molecule has 2 N–H and O–H groups in total. The summed E-state index contributed by atoms with van der Waals surface area (Å²) in [6, 6.07) is 6.88. The van der Waals surface area contributed by atoms with Crippen LogP contribution >= 0.6 is 11.6 Å². The Bertz CT molecular complexity index is 440. The summed E-state index contributed by atoms with van der Waals surface area (Å²) < 4.78 is 0. The lowest BCUT2D eigenvalue weighted by Crippen LogP contribution is -2.34. The van der Waals surface area contributed by atoms with E-state index >= 15 is 0 Å². The molecule has 2 nitrogen and oxygen atoms in total. The SMILES string of the molecule is Nc1ccc(CN2CCCC2C2CCCC2)cc1Cl. The zero-order chi connectivity index (χ0) is 13.2. The Hall–Kier alpha value is -0.730. The van der Waals surface area contributed by atoms with Crippen LogP contribution in [0.1, 0.15) is 44.1 Å². The van der Waals surface area contributed by atoms with Crippen LogP contribution in [0.25, 0.3) is 0 Å². The van der Waals surface area contributed by atoms with Gasteiger partial charge in [0.05, 0.1) is 10.7 Å². The highest BCUT2D eigenvalue weighted by molar-refractivity contribution is 6.33. The number of rotatable bonds is 3. The number of nitrogens with zero attached hydrogens (tertiary/aromatic N) is 1. The second-order valence-corrected chi connectivity index (χ2v) is 6.49. The second kappa shape index (κ2) is 5.72. The van der Waals surface area contributed by atoms with Gasteiger partial charge in [0.25, 0.3) is 0 Å². The molecule has 1 aromatic rings. The van der Waals surface area contributed by atoms with Gasteiger partial charge in [-0.05, 0) is 55.8 Å². The Morgan fingerprint density at radius 3 is 2.68 bits per heavy atom. The minimum atomic E-state index is 0.680. The maximum atomic E-state index is 6.12. The van der Waals surface area contributed by atoms with Gasteiger partial charge in [0.15, 0.2) is 0 Å². The summed E-state index contributed by atoms with van der Waals surface area (Å²) >= 11 is 6.12. The van der Waals surface area contributed by atoms with Crippen molar-refractivity contribution in [2.75, 3.05) is 12.3 Å². The molecule has 104 valence electrons. The topological polar surface area (TPSA) is 29.3 Å². The summed E-state index contributed by atoms with van der Waals surface area (Å²) in [7, 11) is 0. The number of hydrogen-bond donors (Lipinski definition) is 1. The standard InChI is InChI=1S/C16H23ClN2/c17-14-10-12(7-8-15(14)18)11-19-9-3-6-16(19)13-4-1-2-5-13/h7-8,10,13,16H,1-6,9,11,18H2. The van der Waals surface area contributed by atoms with Crippen LogP contribution in [0.5, 0.6) is 0 Å². The molecule has 1 saturated heterocycles. The molecule has 3 rings (SSSR count). The van der Waals surface area contributed by atoms with Crippen molar-refractivity contribution in [2.24, 2.45) is 5.92 Å². The van der Waals surface area contributed by atoms with Gasteiger partial charge in [-0.2, -0.15) is 0 Å². The molecular formula is C16H23ClN2. The predicted molar refractivity (Wildman–Crippen MR) is 81.3 cm³/mol. The number of halogens is 1. The molecule has 1 aromatic carbocycles. The average Bonchev–Trinajstić information content (AvgIpc) is 3.04. The fourth-order valence-electron chi connectivity index (χ4n) is 3.83. The van der Waals surface area contributed by atoms with Crippen molar-refractivity contribution in [2.45, 2.75) is 51.1 Å². The minimum Gasteiger partial charge on any atom is -0.398 e. The molecule has 0 bridgehead atoms. The second-order valence-electron chi connectivity index (χ2n) is 6.08. The Morgan fingerprint density at radius 2 is 1.95 bits per heavy atom. The van der Waals surface area contributed by atoms with E-state index in [0.29, 0.717) is 10.7 Å². The fraction of sp³-hybridized carbons (Fsp3) is 0.625. The first-order valence-corrected chi connectivity index (χ1v) is 7.90. The van der Waals surface area contributed by atoms with Crippen molar-refractivity contribution >= 4 is 17.3 Å². The molecule has 2 aliphatic rings. The summed E-state index contributed by atoms with van der Waals surface area (Å²) in [6.45, 7) is 2.27. The molecule has 0 amide bonds. The van der Waals surface area contributed by atoms with Crippen molar-refractivity contribution in [1.29, 1.82) is 0 Å². The molecule has 0 aromatic heterocycles. The number of hydrogen-bond acceptors (Lipinski definition) is 2. The van der Waals surface area contributed by atoms with Gasteiger partial charge in [0, 0.05) is 12.6 Å². The molecule has 0 radical (unpaired) electrons. The molecular weight excluding hydrogens is 256 g/mol. The van der Waals surface area contributed by atoms with E-state index in [0.717, 1.165) is 18.5 Å². The summed E-state index contributed by atoms with van der Waals surface area (Å²) in [6.07, 6.45) is 8.47. The lowest BCUT2D eigenvalue weighted by Gasteiger charge is -2.29. The Kier molecular flexibility index (Phi) is 3.99. The van der Waals surface area contributed by atoms with Gasteiger partial charge >= 0.3 is 0 Å². The first-order chi connectivity index (χ1) is 9.24. The highest BCUT2D eigenvalue weighted by Crippen LogP contribution is 2.36. The third-order valence-electron chi connectivity index (χ3n) is 4.81. The van der Waals surface area contributed by atoms with Crippen molar-refractivity contribution in [3.05, 3.63) is 28.8 Å². The predicted octanol–water partition coefficient (Wildman–Crippen LogP) is 4.08. The van der Waals surface area contributed by atoms with Gasteiger partial charge in [0.1, 0.15) is 0 Å². The smallest absolute Gasteiger partial charge is 0.0638 e. The molecule has 1 aliphatic carbocycles. The highest BCUT2D eigenvalue weighted by atomic mass is 35.5. The van der Waals surface area contributed by atoms with Crippen molar-refractivity contribution in [1.82, 2.24) is 4.90 Å². The lowest BCUT2D eigenvalue weighted by molar-refractivity contribution is 0.183. The van der Waals surface area contributed by atoms with Crippen molar-refractivity contribution < 1.29 is 0 Å². The first-order valence-electron chi connectivity index (χ1n) is 7.52. The lowest BCUT2D eigenvalue weighted by atomic mass is 9.96. The molecule has 19 heavy (non-hydrogen) atoms. The van der Waals surface area contributed by atoms with E-state index in [1.165, 1.54) is 50.6 Å². The van der Waals surface area contributed by atoms with Crippen LogP contribution in [-0.2, 0) is 6.54 Å². The van der Waals surface area contributed by atoms with Gasteiger partial charge in [-0.25, -0.2) is 0 Å². The minimum absolute atomic E-state index is 0.680. The Balaban J connectivity index is 1.69. The van der Waals surface area contributed by atoms with E-state index in [1.54, 1.807) is 0 Å². The molecule has 3 heteroatoms. The maximum absolute atomic E-state index is 6.12. The van der Waals surface area contributed by atoms with Gasteiger partial charge in [0.2, 0.25) is 0 Å². The van der Waals surface area contributed by atoms with E-state index in [9.17, 15) is 0 Å². The molecule has 2 fully saturated rings. The number of likely N-dealkylation sites (tertiary alicyclic amines) is 1. The third kappa shape index (κ3) is 2.90. The van der Waals surface area contributed by atoms with Crippen LogP contribution in [-0.4, -0.2) is 17.5 Å². The van der Waals surface area contributed by atoms with E-state index in [4.69, 9.17) is 17.3 Å².